The summed E-state index contributed by atoms with van der Waals surface area (Å²) in [7, 11) is 1.53. The van der Waals surface area contributed by atoms with Gasteiger partial charge in [-0.1, -0.05) is 6.92 Å². The molecule has 4 nitrogen and oxygen atoms in total. The number of likely N-dealkylation sites (tertiary alicyclic amines) is 1. The van der Waals surface area contributed by atoms with Crippen LogP contribution in [0.1, 0.15) is 13.3 Å². The maximum Gasteiger partial charge on any atom is 0.326 e. The highest BCUT2D eigenvalue weighted by molar-refractivity contribution is 5.88. The zero-order valence-electron chi connectivity index (χ0n) is 6.57. The summed E-state index contributed by atoms with van der Waals surface area (Å²) in [5.41, 5.74) is 0. The zero-order chi connectivity index (χ0) is 8.59. The molecule has 0 radical (unpaired) electrons. The Morgan fingerprint density at radius 1 is 1.73 bits per heavy atom. The average Bonchev–Trinajstić information content (AvgIpc) is 2.17. The van der Waals surface area contributed by atoms with Crippen LogP contribution >= 0.6 is 0 Å². The van der Waals surface area contributed by atoms with E-state index >= 15 is 0 Å². The molecule has 0 spiro atoms. The standard InChI is InChI=1S/C7H11NO3/c1-4-3-5(7(10)11)8(2)6(4)9/h4-5H,3H2,1-2H3,(H,10,11)/t4?,5-/m0/s1. The minimum atomic E-state index is -0.912. The van der Waals surface area contributed by atoms with Gasteiger partial charge in [-0.05, 0) is 6.42 Å². The number of nitrogens with zero attached hydrogens (tertiary/aromatic N) is 1. The molecule has 62 valence electrons. The van der Waals surface area contributed by atoms with Gasteiger partial charge in [-0.25, -0.2) is 4.79 Å². The third-order valence-corrected chi connectivity index (χ3v) is 2.10. The third kappa shape index (κ3) is 1.20. The Morgan fingerprint density at radius 2 is 2.27 bits per heavy atom. The van der Waals surface area contributed by atoms with Crippen LogP contribution in [-0.2, 0) is 9.59 Å². The molecule has 1 aliphatic heterocycles. The highest BCUT2D eigenvalue weighted by Crippen LogP contribution is 2.22. The van der Waals surface area contributed by atoms with Crippen molar-refractivity contribution in [1.82, 2.24) is 4.90 Å². The largest absolute Gasteiger partial charge is 0.480 e. The maximum atomic E-state index is 11.1. The Balaban J connectivity index is 2.75. The number of rotatable bonds is 1. The monoisotopic (exact) mass is 157 g/mol. The SMILES string of the molecule is CC1C[C@@H](C(=O)O)N(C)C1=O. The normalized spacial score (nSPS) is 31.1. The van der Waals surface area contributed by atoms with E-state index in [1.807, 2.05) is 0 Å². The summed E-state index contributed by atoms with van der Waals surface area (Å²) >= 11 is 0. The van der Waals surface area contributed by atoms with Crippen molar-refractivity contribution in [3.63, 3.8) is 0 Å². The fourth-order valence-corrected chi connectivity index (χ4v) is 1.36. The van der Waals surface area contributed by atoms with Crippen LogP contribution < -0.4 is 0 Å². The second-order valence-electron chi connectivity index (χ2n) is 2.94. The molecule has 1 rings (SSSR count). The number of carboxylic acid groups (broad SMARTS) is 1. The Morgan fingerprint density at radius 3 is 2.45 bits per heavy atom. The van der Waals surface area contributed by atoms with E-state index in [0.717, 1.165) is 0 Å². The lowest BCUT2D eigenvalue weighted by molar-refractivity contribution is -0.145. The molecule has 4 heteroatoms. The number of carboxylic acids is 1. The second kappa shape index (κ2) is 2.53. The van der Waals surface area contributed by atoms with Gasteiger partial charge in [0, 0.05) is 13.0 Å². The van der Waals surface area contributed by atoms with E-state index in [4.69, 9.17) is 5.11 Å². The van der Waals surface area contributed by atoms with Crippen LogP contribution in [0.5, 0.6) is 0 Å². The van der Waals surface area contributed by atoms with E-state index in [1.54, 1.807) is 6.92 Å². The molecule has 1 amide bonds. The van der Waals surface area contributed by atoms with Crippen LogP contribution in [-0.4, -0.2) is 35.0 Å². The van der Waals surface area contributed by atoms with Gasteiger partial charge in [0.05, 0.1) is 0 Å². The summed E-state index contributed by atoms with van der Waals surface area (Å²) < 4.78 is 0. The van der Waals surface area contributed by atoms with Crippen LogP contribution in [0.15, 0.2) is 0 Å². The summed E-state index contributed by atoms with van der Waals surface area (Å²) in [6.07, 6.45) is 0.435. The first-order valence-electron chi connectivity index (χ1n) is 3.53. The molecular formula is C7H11NO3. The van der Waals surface area contributed by atoms with E-state index < -0.39 is 12.0 Å². The van der Waals surface area contributed by atoms with Gasteiger partial charge < -0.3 is 10.0 Å². The smallest absolute Gasteiger partial charge is 0.326 e. The summed E-state index contributed by atoms with van der Waals surface area (Å²) in [5.74, 6) is -1.12. The predicted octanol–water partition coefficient (Wildman–Crippen LogP) is -0.0622. The lowest BCUT2D eigenvalue weighted by Gasteiger charge is -2.14. The van der Waals surface area contributed by atoms with Crippen molar-refractivity contribution in [2.45, 2.75) is 19.4 Å². The van der Waals surface area contributed by atoms with Gasteiger partial charge in [0.15, 0.2) is 0 Å². The van der Waals surface area contributed by atoms with E-state index in [1.165, 1.54) is 11.9 Å². The molecule has 2 atom stereocenters. The van der Waals surface area contributed by atoms with Crippen LogP contribution in [0.25, 0.3) is 0 Å². The molecule has 1 unspecified atom stereocenters. The van der Waals surface area contributed by atoms with Gasteiger partial charge in [0.2, 0.25) is 5.91 Å². The van der Waals surface area contributed by atoms with E-state index in [9.17, 15) is 9.59 Å². The minimum absolute atomic E-state index is 0.0719. The molecule has 11 heavy (non-hydrogen) atoms. The molecule has 1 N–H and O–H groups in total. The van der Waals surface area contributed by atoms with Gasteiger partial charge in [-0.15, -0.1) is 0 Å². The Hall–Kier alpha value is -1.06. The molecule has 0 bridgehead atoms. The van der Waals surface area contributed by atoms with Gasteiger partial charge >= 0.3 is 5.97 Å². The fourth-order valence-electron chi connectivity index (χ4n) is 1.36. The van der Waals surface area contributed by atoms with Gasteiger partial charge in [-0.2, -0.15) is 0 Å². The molecule has 1 heterocycles. The van der Waals surface area contributed by atoms with Crippen LogP contribution in [0.3, 0.4) is 0 Å². The number of amides is 1. The summed E-state index contributed by atoms with van der Waals surface area (Å²) in [6, 6.07) is -0.613. The van der Waals surface area contributed by atoms with Crippen molar-refractivity contribution < 1.29 is 14.7 Å². The number of hydrogen-bond donors (Lipinski definition) is 1. The molecular weight excluding hydrogens is 146 g/mol. The molecule has 0 aromatic carbocycles. The quantitative estimate of drug-likeness (QED) is 0.580. The van der Waals surface area contributed by atoms with Crippen molar-refractivity contribution in [3.8, 4) is 0 Å². The molecule has 1 fully saturated rings. The molecule has 0 saturated carbocycles. The summed E-state index contributed by atoms with van der Waals surface area (Å²) in [4.78, 5) is 22.9. The minimum Gasteiger partial charge on any atom is -0.480 e. The van der Waals surface area contributed by atoms with Crippen molar-refractivity contribution in [2.24, 2.45) is 5.92 Å². The first-order valence-corrected chi connectivity index (χ1v) is 3.53. The molecule has 0 aromatic rings. The van der Waals surface area contributed by atoms with Gasteiger partial charge in [0.1, 0.15) is 6.04 Å². The number of aliphatic carboxylic acids is 1. The highest BCUT2D eigenvalue weighted by atomic mass is 16.4. The third-order valence-electron chi connectivity index (χ3n) is 2.10. The molecule has 1 saturated heterocycles. The van der Waals surface area contributed by atoms with E-state index in [0.29, 0.717) is 6.42 Å². The average molecular weight is 157 g/mol. The summed E-state index contributed by atoms with van der Waals surface area (Å²) in [6.45, 7) is 1.75. The predicted molar refractivity (Wildman–Crippen MR) is 38.0 cm³/mol. The number of carbonyl (C=O) groups excluding carboxylic acids is 1. The maximum absolute atomic E-state index is 11.1. The Labute approximate surface area is 64.8 Å². The summed E-state index contributed by atoms with van der Waals surface area (Å²) in [5, 5.41) is 8.63. The van der Waals surface area contributed by atoms with Crippen LogP contribution in [0.2, 0.25) is 0 Å². The second-order valence-corrected chi connectivity index (χ2v) is 2.94. The van der Waals surface area contributed by atoms with Crippen LogP contribution in [0, 0.1) is 5.92 Å². The van der Waals surface area contributed by atoms with Crippen molar-refractivity contribution in [2.75, 3.05) is 7.05 Å². The van der Waals surface area contributed by atoms with Gasteiger partial charge in [-0.3, -0.25) is 4.79 Å². The number of carbonyl (C=O) groups is 2. The lowest BCUT2D eigenvalue weighted by atomic mass is 10.1. The molecule has 0 aromatic heterocycles. The van der Waals surface area contributed by atoms with Gasteiger partial charge in [0.25, 0.3) is 0 Å². The van der Waals surface area contributed by atoms with Crippen molar-refractivity contribution >= 4 is 11.9 Å². The zero-order valence-corrected chi connectivity index (χ0v) is 6.57. The molecule has 1 aliphatic rings. The topological polar surface area (TPSA) is 57.6 Å². The lowest BCUT2D eigenvalue weighted by Crippen LogP contribution is -2.35. The first kappa shape index (κ1) is 8.04. The molecule has 0 aliphatic carbocycles. The number of likely N-dealkylation sites (N-methyl/N-ethyl adjacent to an activating group) is 1. The van der Waals surface area contributed by atoms with Crippen molar-refractivity contribution in [1.29, 1.82) is 0 Å². The fraction of sp³-hybridized carbons (Fsp3) is 0.714. The van der Waals surface area contributed by atoms with Crippen molar-refractivity contribution in [3.05, 3.63) is 0 Å². The van der Waals surface area contributed by atoms with E-state index in [2.05, 4.69) is 0 Å². The number of hydrogen-bond acceptors (Lipinski definition) is 2. The highest BCUT2D eigenvalue weighted by Gasteiger charge is 2.38. The van der Waals surface area contributed by atoms with Crippen LogP contribution in [0.4, 0.5) is 0 Å². The van der Waals surface area contributed by atoms with E-state index in [-0.39, 0.29) is 11.8 Å². The Bertz CT molecular complexity index is 202. The Kier molecular flexibility index (Phi) is 1.85. The first-order chi connectivity index (χ1) is 5.04.